The molecular formula is C13H29N3O. The fourth-order valence-corrected chi connectivity index (χ4v) is 1.90. The van der Waals surface area contributed by atoms with E-state index in [-0.39, 0.29) is 12.1 Å². The average molecular weight is 243 g/mol. The van der Waals surface area contributed by atoms with Crippen LogP contribution in [0.5, 0.6) is 0 Å². The Labute approximate surface area is 106 Å². The van der Waals surface area contributed by atoms with Gasteiger partial charge in [0.05, 0.1) is 0 Å². The zero-order chi connectivity index (χ0) is 13.5. The van der Waals surface area contributed by atoms with Crippen molar-refractivity contribution in [2.45, 2.75) is 46.6 Å². The normalized spacial score (nSPS) is 13.6. The summed E-state index contributed by atoms with van der Waals surface area (Å²) in [7, 11) is 3.78. The van der Waals surface area contributed by atoms with Gasteiger partial charge in [0, 0.05) is 19.6 Å². The Hall–Kier alpha value is -0.770. The molecular weight excluding hydrogens is 214 g/mol. The van der Waals surface area contributed by atoms with Crippen molar-refractivity contribution in [3.05, 3.63) is 0 Å². The zero-order valence-corrected chi connectivity index (χ0v) is 12.3. The van der Waals surface area contributed by atoms with E-state index in [9.17, 15) is 4.79 Å². The van der Waals surface area contributed by atoms with Gasteiger partial charge in [-0.25, -0.2) is 4.79 Å². The summed E-state index contributed by atoms with van der Waals surface area (Å²) in [6.45, 7) is 10.9. The molecule has 0 rings (SSSR count). The van der Waals surface area contributed by atoms with Gasteiger partial charge in [-0.15, -0.1) is 0 Å². The molecule has 0 saturated carbocycles. The average Bonchev–Trinajstić information content (AvgIpc) is 2.21. The lowest BCUT2D eigenvalue weighted by atomic mass is 9.96. The third-order valence-electron chi connectivity index (χ3n) is 2.66. The molecule has 0 aliphatic carbocycles. The molecule has 2 amide bonds. The summed E-state index contributed by atoms with van der Waals surface area (Å²) in [6, 6.07) is 0.174. The molecule has 0 aromatic heterocycles. The molecule has 0 aromatic carbocycles. The van der Waals surface area contributed by atoms with E-state index in [4.69, 9.17) is 0 Å². The molecule has 4 heteroatoms. The maximum atomic E-state index is 11.2. The highest BCUT2D eigenvalue weighted by atomic mass is 16.2. The molecule has 0 saturated heterocycles. The fourth-order valence-electron chi connectivity index (χ4n) is 1.90. The van der Waals surface area contributed by atoms with Gasteiger partial charge in [0.1, 0.15) is 0 Å². The van der Waals surface area contributed by atoms with Crippen molar-refractivity contribution in [1.82, 2.24) is 15.5 Å². The van der Waals surface area contributed by atoms with Gasteiger partial charge in [-0.1, -0.05) is 27.7 Å². The van der Waals surface area contributed by atoms with Crippen molar-refractivity contribution in [1.29, 1.82) is 0 Å². The minimum atomic E-state index is -0.0877. The van der Waals surface area contributed by atoms with Gasteiger partial charge in [-0.3, -0.25) is 0 Å². The van der Waals surface area contributed by atoms with E-state index in [0.29, 0.717) is 5.41 Å². The van der Waals surface area contributed by atoms with Crippen molar-refractivity contribution < 1.29 is 4.79 Å². The van der Waals surface area contributed by atoms with Crippen LogP contribution < -0.4 is 10.6 Å². The fraction of sp³-hybridized carbons (Fsp3) is 0.923. The molecule has 102 valence electrons. The second kappa shape index (κ2) is 7.54. The summed E-state index contributed by atoms with van der Waals surface area (Å²) in [5.74, 6) is 0. The van der Waals surface area contributed by atoms with Gasteiger partial charge in [0.15, 0.2) is 0 Å². The first-order valence-electron chi connectivity index (χ1n) is 6.45. The quantitative estimate of drug-likeness (QED) is 0.750. The number of carbonyl (C=O) groups is 1. The van der Waals surface area contributed by atoms with Crippen molar-refractivity contribution in [3.63, 3.8) is 0 Å². The molecule has 0 aliphatic rings. The third kappa shape index (κ3) is 8.98. The maximum absolute atomic E-state index is 11.2. The van der Waals surface area contributed by atoms with Crippen LogP contribution in [-0.4, -0.2) is 44.2 Å². The largest absolute Gasteiger partial charge is 0.341 e. The predicted octanol–water partition coefficient (Wildman–Crippen LogP) is 2.06. The molecule has 1 unspecified atom stereocenters. The lowest BCUT2D eigenvalue weighted by molar-refractivity contribution is 0.212. The van der Waals surface area contributed by atoms with Crippen molar-refractivity contribution in [2.75, 3.05) is 27.2 Å². The zero-order valence-electron chi connectivity index (χ0n) is 12.3. The monoisotopic (exact) mass is 243 g/mol. The first kappa shape index (κ1) is 16.2. The summed E-state index contributed by atoms with van der Waals surface area (Å²) < 4.78 is 0. The summed E-state index contributed by atoms with van der Waals surface area (Å²) in [5.41, 5.74) is 0.324. The molecule has 0 aromatic rings. The number of nitrogens with one attached hydrogen (secondary N) is 2. The van der Waals surface area contributed by atoms with Crippen LogP contribution in [0.1, 0.15) is 40.5 Å². The molecule has 0 heterocycles. The Bertz CT molecular complexity index is 223. The molecule has 0 radical (unpaired) electrons. The second-order valence-corrected chi connectivity index (χ2v) is 5.92. The highest BCUT2D eigenvalue weighted by Gasteiger charge is 2.15. The molecule has 0 fully saturated rings. The van der Waals surface area contributed by atoms with Crippen LogP contribution >= 0.6 is 0 Å². The van der Waals surface area contributed by atoms with Gasteiger partial charge >= 0.3 is 6.03 Å². The number of amides is 2. The number of hydrogen-bond donors (Lipinski definition) is 2. The van der Waals surface area contributed by atoms with E-state index in [1.54, 1.807) is 7.05 Å². The highest BCUT2D eigenvalue weighted by molar-refractivity contribution is 5.73. The predicted molar refractivity (Wildman–Crippen MR) is 73.2 cm³/mol. The molecule has 0 aliphatic heterocycles. The van der Waals surface area contributed by atoms with Gasteiger partial charge in [0.2, 0.25) is 0 Å². The van der Waals surface area contributed by atoms with Crippen LogP contribution in [0.2, 0.25) is 0 Å². The minimum absolute atomic E-state index is 0.0877. The van der Waals surface area contributed by atoms with Gasteiger partial charge < -0.3 is 15.5 Å². The number of urea groups is 1. The van der Waals surface area contributed by atoms with Crippen LogP contribution in [0, 0.1) is 5.41 Å². The van der Waals surface area contributed by atoms with Gasteiger partial charge in [-0.05, 0) is 31.8 Å². The summed E-state index contributed by atoms with van der Waals surface area (Å²) in [6.07, 6.45) is 1.97. The Morgan fingerprint density at radius 3 is 2.35 bits per heavy atom. The highest BCUT2D eigenvalue weighted by Crippen LogP contribution is 2.14. The molecule has 2 N–H and O–H groups in total. The van der Waals surface area contributed by atoms with Gasteiger partial charge in [-0.2, -0.15) is 0 Å². The van der Waals surface area contributed by atoms with E-state index < -0.39 is 0 Å². The Morgan fingerprint density at radius 2 is 1.94 bits per heavy atom. The molecule has 17 heavy (non-hydrogen) atoms. The number of carbonyl (C=O) groups excluding carboxylic acids is 1. The van der Waals surface area contributed by atoms with Crippen molar-refractivity contribution in [2.24, 2.45) is 5.41 Å². The third-order valence-corrected chi connectivity index (χ3v) is 2.66. The van der Waals surface area contributed by atoms with Gasteiger partial charge in [0.25, 0.3) is 0 Å². The topological polar surface area (TPSA) is 44.4 Å². The van der Waals surface area contributed by atoms with Crippen LogP contribution in [0.4, 0.5) is 4.79 Å². The molecule has 0 bridgehead atoms. The van der Waals surface area contributed by atoms with Crippen molar-refractivity contribution in [3.8, 4) is 0 Å². The Kier molecular flexibility index (Phi) is 7.19. The van der Waals surface area contributed by atoms with Crippen LogP contribution in [0.25, 0.3) is 0 Å². The first-order valence-corrected chi connectivity index (χ1v) is 6.45. The van der Waals surface area contributed by atoms with E-state index in [0.717, 1.165) is 25.9 Å². The lowest BCUT2D eigenvalue weighted by Gasteiger charge is -2.28. The Morgan fingerprint density at radius 1 is 1.35 bits per heavy atom. The molecule has 1 atom stereocenters. The smallest absolute Gasteiger partial charge is 0.314 e. The lowest BCUT2D eigenvalue weighted by Crippen LogP contribution is -2.42. The summed E-state index contributed by atoms with van der Waals surface area (Å²) in [4.78, 5) is 13.5. The standard InChI is InChI=1S/C13H29N3O/c1-7-11(15-12(17)14-5)8-9-16(6)10-13(2,3)4/h11H,7-10H2,1-6H3,(H2,14,15,17). The van der Waals surface area contributed by atoms with Crippen molar-refractivity contribution >= 4 is 6.03 Å². The minimum Gasteiger partial charge on any atom is -0.341 e. The Balaban J connectivity index is 3.94. The molecule has 4 nitrogen and oxygen atoms in total. The van der Waals surface area contributed by atoms with Crippen LogP contribution in [0.15, 0.2) is 0 Å². The second-order valence-electron chi connectivity index (χ2n) is 5.92. The summed E-state index contributed by atoms with van der Waals surface area (Å²) in [5, 5.41) is 5.55. The van der Waals surface area contributed by atoms with E-state index in [1.165, 1.54) is 0 Å². The van der Waals surface area contributed by atoms with E-state index >= 15 is 0 Å². The van der Waals surface area contributed by atoms with Crippen LogP contribution in [-0.2, 0) is 0 Å². The number of rotatable bonds is 6. The van der Waals surface area contributed by atoms with E-state index in [1.807, 2.05) is 0 Å². The number of nitrogens with zero attached hydrogens (tertiary/aromatic N) is 1. The first-order chi connectivity index (χ1) is 7.78. The van der Waals surface area contributed by atoms with Crippen LogP contribution in [0.3, 0.4) is 0 Å². The maximum Gasteiger partial charge on any atom is 0.314 e. The van der Waals surface area contributed by atoms with E-state index in [2.05, 4.69) is 50.3 Å². The number of hydrogen-bond acceptors (Lipinski definition) is 2. The molecule has 0 spiro atoms. The summed E-state index contributed by atoms with van der Waals surface area (Å²) >= 11 is 0. The SMILES string of the molecule is CCC(CCN(C)CC(C)(C)C)NC(=O)NC.